The van der Waals surface area contributed by atoms with Gasteiger partial charge in [0.2, 0.25) is 0 Å². The minimum atomic E-state index is -1.31. The molecular formula is C24H21N5O6. The summed E-state index contributed by atoms with van der Waals surface area (Å²) in [5, 5.41) is 21.2. The van der Waals surface area contributed by atoms with Gasteiger partial charge >= 0.3 is 5.97 Å². The molecule has 0 aliphatic carbocycles. The predicted octanol–water partition coefficient (Wildman–Crippen LogP) is 3.35. The number of aromatic nitrogens is 3. The van der Waals surface area contributed by atoms with Gasteiger partial charge in [-0.25, -0.2) is 4.98 Å². The average Bonchev–Trinajstić information content (AvgIpc) is 3.26. The second-order valence-corrected chi connectivity index (χ2v) is 7.99. The number of carbonyl (C=O) groups excluding carboxylic acids is 1. The summed E-state index contributed by atoms with van der Waals surface area (Å²) in [4.78, 5) is 58.7. The van der Waals surface area contributed by atoms with Crippen molar-refractivity contribution in [2.75, 3.05) is 11.4 Å². The van der Waals surface area contributed by atoms with E-state index < -0.39 is 23.3 Å². The van der Waals surface area contributed by atoms with Crippen LogP contribution in [0.5, 0.6) is 0 Å². The van der Waals surface area contributed by atoms with Gasteiger partial charge in [0.1, 0.15) is 23.7 Å². The van der Waals surface area contributed by atoms with E-state index in [0.29, 0.717) is 16.9 Å². The lowest BCUT2D eigenvalue weighted by molar-refractivity contribution is -0.384. The summed E-state index contributed by atoms with van der Waals surface area (Å²) in [6.45, 7) is 2.85. The van der Waals surface area contributed by atoms with Crippen LogP contribution in [0.4, 0.5) is 11.4 Å². The molecule has 178 valence electrons. The first-order valence-electron chi connectivity index (χ1n) is 10.6. The highest BCUT2D eigenvalue weighted by molar-refractivity contribution is 6.09. The predicted molar refractivity (Wildman–Crippen MR) is 128 cm³/mol. The van der Waals surface area contributed by atoms with E-state index in [-0.39, 0.29) is 28.4 Å². The number of amides is 1. The SMILES string of the molecule is Cc1nc2[nH]cc(C(C)c3ccc(C(=O)N(CC(=O)O)c4ccccc4[N+](=O)[O-])cc3)c2c(=O)[nH]1. The van der Waals surface area contributed by atoms with E-state index in [1.165, 1.54) is 36.4 Å². The van der Waals surface area contributed by atoms with Crippen molar-refractivity contribution in [1.82, 2.24) is 15.0 Å². The molecule has 1 atom stereocenters. The number of nitro benzene ring substituents is 1. The quantitative estimate of drug-likeness (QED) is 0.273. The Kier molecular flexibility index (Phi) is 6.15. The van der Waals surface area contributed by atoms with E-state index in [9.17, 15) is 29.6 Å². The fraction of sp³-hybridized carbons (Fsp3) is 0.167. The van der Waals surface area contributed by atoms with Crippen LogP contribution in [-0.2, 0) is 4.79 Å². The number of hydrogen-bond acceptors (Lipinski definition) is 6. The summed E-state index contributed by atoms with van der Waals surface area (Å²) in [7, 11) is 0. The second-order valence-electron chi connectivity index (χ2n) is 7.99. The van der Waals surface area contributed by atoms with E-state index in [0.717, 1.165) is 16.0 Å². The van der Waals surface area contributed by atoms with Crippen LogP contribution >= 0.6 is 0 Å². The molecule has 0 radical (unpaired) electrons. The van der Waals surface area contributed by atoms with Crippen LogP contribution in [0.25, 0.3) is 11.0 Å². The summed E-state index contributed by atoms with van der Waals surface area (Å²) in [5.74, 6) is -1.72. The van der Waals surface area contributed by atoms with Gasteiger partial charge in [-0.15, -0.1) is 0 Å². The Labute approximate surface area is 198 Å². The van der Waals surface area contributed by atoms with E-state index in [2.05, 4.69) is 15.0 Å². The minimum absolute atomic E-state index is 0.108. The molecule has 2 aromatic carbocycles. The Hall–Kier alpha value is -4.80. The molecule has 3 N–H and O–H groups in total. The number of nitrogens with zero attached hydrogens (tertiary/aromatic N) is 3. The molecule has 0 fully saturated rings. The number of anilines is 1. The second kappa shape index (κ2) is 9.21. The number of para-hydroxylation sites is 2. The molecule has 4 rings (SSSR count). The Morgan fingerprint density at radius 3 is 2.51 bits per heavy atom. The number of fused-ring (bicyclic) bond motifs is 1. The Morgan fingerprint density at radius 2 is 1.86 bits per heavy atom. The van der Waals surface area contributed by atoms with Crippen molar-refractivity contribution in [3.8, 4) is 0 Å². The number of aromatic amines is 2. The number of benzene rings is 2. The number of aliphatic carboxylic acids is 1. The first-order chi connectivity index (χ1) is 16.7. The molecule has 11 heteroatoms. The molecule has 2 heterocycles. The Balaban J connectivity index is 1.67. The molecule has 0 bridgehead atoms. The first-order valence-corrected chi connectivity index (χ1v) is 10.6. The monoisotopic (exact) mass is 475 g/mol. The molecule has 1 unspecified atom stereocenters. The molecule has 4 aromatic rings. The maximum atomic E-state index is 13.2. The number of rotatable bonds is 7. The van der Waals surface area contributed by atoms with Crippen LogP contribution in [0.1, 0.15) is 40.2 Å². The highest BCUT2D eigenvalue weighted by Crippen LogP contribution is 2.31. The van der Waals surface area contributed by atoms with Crippen molar-refractivity contribution in [3.63, 3.8) is 0 Å². The molecule has 2 aromatic heterocycles. The van der Waals surface area contributed by atoms with E-state index in [4.69, 9.17) is 0 Å². The van der Waals surface area contributed by atoms with Gasteiger partial charge in [0, 0.05) is 23.7 Å². The van der Waals surface area contributed by atoms with Crippen LogP contribution in [0.2, 0.25) is 0 Å². The van der Waals surface area contributed by atoms with Crippen molar-refractivity contribution >= 4 is 34.3 Å². The summed E-state index contributed by atoms with van der Waals surface area (Å²) in [6, 6.07) is 11.9. The maximum absolute atomic E-state index is 13.2. The summed E-state index contributed by atoms with van der Waals surface area (Å²) in [5.41, 5.74) is 1.45. The number of hydrogen-bond donors (Lipinski definition) is 3. The van der Waals surface area contributed by atoms with Crippen LogP contribution in [0.3, 0.4) is 0 Å². The fourth-order valence-electron chi connectivity index (χ4n) is 4.02. The van der Waals surface area contributed by atoms with Gasteiger partial charge in [-0.3, -0.25) is 29.4 Å². The Bertz CT molecular complexity index is 1510. The smallest absolute Gasteiger partial charge is 0.323 e. The van der Waals surface area contributed by atoms with Gasteiger partial charge in [-0.2, -0.15) is 0 Å². The largest absolute Gasteiger partial charge is 0.480 e. The number of nitrogens with one attached hydrogen (secondary N) is 2. The summed E-state index contributed by atoms with van der Waals surface area (Å²) >= 11 is 0. The summed E-state index contributed by atoms with van der Waals surface area (Å²) < 4.78 is 0. The van der Waals surface area contributed by atoms with Crippen LogP contribution in [0.15, 0.2) is 59.5 Å². The third-order valence-corrected chi connectivity index (χ3v) is 5.72. The zero-order valence-electron chi connectivity index (χ0n) is 18.8. The Morgan fingerprint density at radius 1 is 1.17 bits per heavy atom. The summed E-state index contributed by atoms with van der Waals surface area (Å²) in [6.07, 6.45) is 1.72. The highest BCUT2D eigenvalue weighted by Gasteiger charge is 2.27. The highest BCUT2D eigenvalue weighted by atomic mass is 16.6. The molecule has 1 amide bonds. The van der Waals surface area contributed by atoms with Crippen molar-refractivity contribution in [1.29, 1.82) is 0 Å². The zero-order valence-corrected chi connectivity index (χ0v) is 18.8. The molecule has 0 aliphatic heterocycles. The van der Waals surface area contributed by atoms with Gasteiger partial charge in [0.25, 0.3) is 17.2 Å². The lowest BCUT2D eigenvalue weighted by atomic mass is 9.92. The maximum Gasteiger partial charge on any atom is 0.323 e. The standard InChI is InChI=1S/C24H21N5O6/c1-13(17-11-25-22-21(17)23(32)27-14(2)26-22)15-7-9-16(10-8-15)24(33)28(12-20(30)31)18-5-3-4-6-19(18)29(34)35/h3-11,13H,12H2,1-2H3,(H,30,31)(H2,25,26,27,32). The third kappa shape index (κ3) is 4.51. The van der Waals surface area contributed by atoms with Gasteiger partial charge < -0.3 is 15.1 Å². The lowest BCUT2D eigenvalue weighted by Gasteiger charge is -2.21. The van der Waals surface area contributed by atoms with Gasteiger partial charge in [0.15, 0.2) is 0 Å². The van der Waals surface area contributed by atoms with Crippen molar-refractivity contribution in [3.05, 3.63) is 97.7 Å². The molecular weight excluding hydrogens is 454 g/mol. The fourth-order valence-corrected chi connectivity index (χ4v) is 4.02. The molecule has 11 nitrogen and oxygen atoms in total. The van der Waals surface area contributed by atoms with Crippen molar-refractivity contribution < 1.29 is 19.6 Å². The topological polar surface area (TPSA) is 162 Å². The molecule has 35 heavy (non-hydrogen) atoms. The van der Waals surface area contributed by atoms with Crippen molar-refractivity contribution in [2.45, 2.75) is 19.8 Å². The van der Waals surface area contributed by atoms with E-state index in [1.807, 2.05) is 6.92 Å². The van der Waals surface area contributed by atoms with Gasteiger partial charge in [0.05, 0.1) is 10.3 Å². The molecule has 0 saturated heterocycles. The normalized spacial score (nSPS) is 11.8. The molecule has 0 aliphatic rings. The van der Waals surface area contributed by atoms with Crippen LogP contribution in [0, 0.1) is 17.0 Å². The van der Waals surface area contributed by atoms with Gasteiger partial charge in [-0.05, 0) is 36.2 Å². The molecule has 0 spiro atoms. The third-order valence-electron chi connectivity index (χ3n) is 5.72. The average molecular weight is 475 g/mol. The lowest BCUT2D eigenvalue weighted by Crippen LogP contribution is -2.36. The zero-order chi connectivity index (χ0) is 25.3. The number of aryl methyl sites for hydroxylation is 1. The number of nitro groups is 1. The number of H-pyrrole nitrogens is 2. The minimum Gasteiger partial charge on any atom is -0.480 e. The first kappa shape index (κ1) is 23.4. The van der Waals surface area contributed by atoms with Gasteiger partial charge in [-0.1, -0.05) is 31.2 Å². The van der Waals surface area contributed by atoms with Crippen LogP contribution in [-0.4, -0.2) is 43.4 Å². The van der Waals surface area contributed by atoms with E-state index >= 15 is 0 Å². The number of carboxylic acid groups (broad SMARTS) is 1. The molecule has 0 saturated carbocycles. The number of carboxylic acids is 1. The van der Waals surface area contributed by atoms with Crippen molar-refractivity contribution in [2.24, 2.45) is 0 Å². The number of carbonyl (C=O) groups is 2. The van der Waals surface area contributed by atoms with E-state index in [1.54, 1.807) is 25.3 Å². The van der Waals surface area contributed by atoms with Crippen LogP contribution < -0.4 is 10.5 Å².